The van der Waals surface area contributed by atoms with Crippen LogP contribution in [0.5, 0.6) is 0 Å². The van der Waals surface area contributed by atoms with Gasteiger partial charge in [-0.25, -0.2) is 8.78 Å². The minimum atomic E-state index is -1.07. The summed E-state index contributed by atoms with van der Waals surface area (Å²) in [4.78, 5) is 11.5. The maximum absolute atomic E-state index is 14.1. The largest absolute Gasteiger partial charge is 0.481 e. The average Bonchev–Trinajstić information content (AvgIpc) is 2.41. The number of benzene rings is 2. The summed E-state index contributed by atoms with van der Waals surface area (Å²) >= 11 is 0. The zero-order valence-electron chi connectivity index (χ0n) is 11.3. The van der Waals surface area contributed by atoms with E-state index in [1.165, 1.54) is 6.07 Å². The van der Waals surface area contributed by atoms with Gasteiger partial charge in [-0.2, -0.15) is 0 Å². The number of rotatable bonds is 3. The first-order valence-corrected chi connectivity index (χ1v) is 6.83. The van der Waals surface area contributed by atoms with Crippen LogP contribution in [-0.4, -0.2) is 11.1 Å². The van der Waals surface area contributed by atoms with Crippen LogP contribution in [0.15, 0.2) is 42.5 Å². The first-order chi connectivity index (χ1) is 10.0. The standard InChI is InChI=1S/C17H14F2O2/c18-14-10-12(17(16(20)21)7-4-8-17)9-13(15(14)19)11-5-2-1-3-6-11/h1-3,5-6,9-10H,4,7-8H2,(H,20,21). The Hall–Kier alpha value is -2.23. The van der Waals surface area contributed by atoms with Gasteiger partial charge in [0, 0.05) is 5.56 Å². The number of carboxylic acids is 1. The van der Waals surface area contributed by atoms with E-state index in [9.17, 15) is 18.7 Å². The highest BCUT2D eigenvalue weighted by atomic mass is 19.2. The van der Waals surface area contributed by atoms with Gasteiger partial charge in [-0.05, 0) is 36.1 Å². The molecule has 2 nitrogen and oxygen atoms in total. The second-order valence-corrected chi connectivity index (χ2v) is 5.43. The van der Waals surface area contributed by atoms with E-state index in [2.05, 4.69) is 0 Å². The van der Waals surface area contributed by atoms with E-state index in [0.717, 1.165) is 12.5 Å². The van der Waals surface area contributed by atoms with E-state index in [-0.39, 0.29) is 5.56 Å². The molecule has 21 heavy (non-hydrogen) atoms. The van der Waals surface area contributed by atoms with E-state index in [0.29, 0.717) is 24.0 Å². The van der Waals surface area contributed by atoms with Crippen molar-refractivity contribution < 1.29 is 18.7 Å². The van der Waals surface area contributed by atoms with Crippen molar-refractivity contribution in [1.82, 2.24) is 0 Å². The molecule has 0 spiro atoms. The Bertz CT molecular complexity index is 691. The van der Waals surface area contributed by atoms with Crippen molar-refractivity contribution in [1.29, 1.82) is 0 Å². The summed E-state index contributed by atoms with van der Waals surface area (Å²) in [5.74, 6) is -2.91. The summed E-state index contributed by atoms with van der Waals surface area (Å²) in [6, 6.07) is 11.1. The number of halogens is 2. The lowest BCUT2D eigenvalue weighted by molar-refractivity contribution is -0.147. The van der Waals surface area contributed by atoms with Crippen molar-refractivity contribution in [3.63, 3.8) is 0 Å². The number of carboxylic acid groups (broad SMARTS) is 1. The summed E-state index contributed by atoms with van der Waals surface area (Å²) in [7, 11) is 0. The molecule has 0 amide bonds. The summed E-state index contributed by atoms with van der Waals surface area (Å²) < 4.78 is 28.0. The topological polar surface area (TPSA) is 37.3 Å². The van der Waals surface area contributed by atoms with Gasteiger partial charge in [0.15, 0.2) is 11.6 Å². The highest BCUT2D eigenvalue weighted by molar-refractivity contribution is 5.83. The van der Waals surface area contributed by atoms with Gasteiger partial charge in [-0.3, -0.25) is 4.79 Å². The molecule has 0 radical (unpaired) electrons. The number of carbonyl (C=O) groups is 1. The molecule has 2 aromatic carbocycles. The Morgan fingerprint density at radius 2 is 1.76 bits per heavy atom. The fourth-order valence-electron chi connectivity index (χ4n) is 2.85. The number of hydrogen-bond donors (Lipinski definition) is 1. The monoisotopic (exact) mass is 288 g/mol. The van der Waals surface area contributed by atoms with Crippen LogP contribution < -0.4 is 0 Å². The minimum Gasteiger partial charge on any atom is -0.481 e. The molecule has 108 valence electrons. The van der Waals surface area contributed by atoms with Crippen LogP contribution in [0, 0.1) is 11.6 Å². The van der Waals surface area contributed by atoms with Gasteiger partial charge in [-0.15, -0.1) is 0 Å². The van der Waals surface area contributed by atoms with Gasteiger partial charge in [0.1, 0.15) is 0 Å². The predicted octanol–water partition coefficient (Wildman–Crippen LogP) is 4.14. The van der Waals surface area contributed by atoms with E-state index in [4.69, 9.17) is 0 Å². The molecule has 0 bridgehead atoms. The van der Waals surface area contributed by atoms with E-state index in [1.54, 1.807) is 30.3 Å². The zero-order chi connectivity index (χ0) is 15.0. The number of aliphatic carboxylic acids is 1. The van der Waals surface area contributed by atoms with Crippen LogP contribution in [0.2, 0.25) is 0 Å². The molecule has 0 atom stereocenters. The van der Waals surface area contributed by atoms with Crippen molar-refractivity contribution >= 4 is 5.97 Å². The van der Waals surface area contributed by atoms with Crippen LogP contribution in [-0.2, 0) is 10.2 Å². The maximum Gasteiger partial charge on any atom is 0.314 e. The summed E-state index contributed by atoms with van der Waals surface area (Å²) in [5.41, 5.74) is -0.0781. The third kappa shape index (κ3) is 2.11. The summed E-state index contributed by atoms with van der Waals surface area (Å²) in [5, 5.41) is 9.44. The average molecular weight is 288 g/mol. The third-order valence-electron chi connectivity index (χ3n) is 4.28. The molecular formula is C17H14F2O2. The SMILES string of the molecule is O=C(O)C1(c2cc(F)c(F)c(-c3ccccc3)c2)CCC1. The van der Waals surface area contributed by atoms with Crippen LogP contribution in [0.25, 0.3) is 11.1 Å². The highest BCUT2D eigenvalue weighted by Crippen LogP contribution is 2.45. The zero-order valence-corrected chi connectivity index (χ0v) is 11.3. The number of hydrogen-bond acceptors (Lipinski definition) is 1. The highest BCUT2D eigenvalue weighted by Gasteiger charge is 2.46. The maximum atomic E-state index is 14.1. The van der Waals surface area contributed by atoms with Crippen LogP contribution in [0.3, 0.4) is 0 Å². The molecule has 0 aromatic heterocycles. The van der Waals surface area contributed by atoms with Crippen molar-refractivity contribution in [3.05, 3.63) is 59.7 Å². The third-order valence-corrected chi connectivity index (χ3v) is 4.28. The molecule has 1 aliphatic carbocycles. The molecule has 0 unspecified atom stereocenters. The van der Waals surface area contributed by atoms with Gasteiger partial charge < -0.3 is 5.11 Å². The quantitative estimate of drug-likeness (QED) is 0.921. The second kappa shape index (κ2) is 4.95. The van der Waals surface area contributed by atoms with E-state index >= 15 is 0 Å². The Morgan fingerprint density at radius 1 is 1.10 bits per heavy atom. The van der Waals surface area contributed by atoms with Crippen LogP contribution in [0.1, 0.15) is 24.8 Å². The lowest BCUT2D eigenvalue weighted by atomic mass is 9.64. The fraction of sp³-hybridized carbons (Fsp3) is 0.235. The van der Waals surface area contributed by atoms with E-state index < -0.39 is 23.0 Å². The van der Waals surface area contributed by atoms with Crippen molar-refractivity contribution in [3.8, 4) is 11.1 Å². The molecule has 3 rings (SSSR count). The van der Waals surface area contributed by atoms with Crippen LogP contribution >= 0.6 is 0 Å². The molecule has 0 heterocycles. The predicted molar refractivity (Wildman–Crippen MR) is 75.0 cm³/mol. The van der Waals surface area contributed by atoms with E-state index in [1.807, 2.05) is 0 Å². The van der Waals surface area contributed by atoms with Crippen molar-refractivity contribution in [2.24, 2.45) is 0 Å². The van der Waals surface area contributed by atoms with Crippen molar-refractivity contribution in [2.75, 3.05) is 0 Å². The first kappa shape index (κ1) is 13.7. The van der Waals surface area contributed by atoms with Crippen molar-refractivity contribution in [2.45, 2.75) is 24.7 Å². The summed E-state index contributed by atoms with van der Waals surface area (Å²) in [6.45, 7) is 0. The van der Waals surface area contributed by atoms with Gasteiger partial charge in [0.25, 0.3) is 0 Å². The molecular weight excluding hydrogens is 274 g/mol. The Morgan fingerprint density at radius 3 is 2.29 bits per heavy atom. The molecule has 0 saturated heterocycles. The first-order valence-electron chi connectivity index (χ1n) is 6.83. The smallest absolute Gasteiger partial charge is 0.314 e. The fourth-order valence-corrected chi connectivity index (χ4v) is 2.85. The van der Waals surface area contributed by atoms with Gasteiger partial charge in [-0.1, -0.05) is 36.8 Å². The molecule has 2 aromatic rings. The van der Waals surface area contributed by atoms with Gasteiger partial charge in [0.05, 0.1) is 5.41 Å². The summed E-state index contributed by atoms with van der Waals surface area (Å²) in [6.07, 6.45) is 1.70. The Kier molecular flexibility index (Phi) is 3.24. The van der Waals surface area contributed by atoms with Gasteiger partial charge >= 0.3 is 5.97 Å². The molecule has 1 aliphatic rings. The Labute approximate surface area is 121 Å². The molecule has 1 N–H and O–H groups in total. The second-order valence-electron chi connectivity index (χ2n) is 5.43. The molecule has 0 aliphatic heterocycles. The molecule has 1 fully saturated rings. The lowest BCUT2D eigenvalue weighted by Crippen LogP contribution is -2.42. The molecule has 1 saturated carbocycles. The lowest BCUT2D eigenvalue weighted by Gasteiger charge is -2.38. The minimum absolute atomic E-state index is 0.109. The normalized spacial score (nSPS) is 16.3. The molecule has 4 heteroatoms. The Balaban J connectivity index is 2.17. The van der Waals surface area contributed by atoms with Crippen LogP contribution in [0.4, 0.5) is 8.78 Å². The van der Waals surface area contributed by atoms with Gasteiger partial charge in [0.2, 0.25) is 0 Å².